The molecule has 0 aliphatic carbocycles. The van der Waals surface area contributed by atoms with Gasteiger partial charge in [0.25, 0.3) is 0 Å². The van der Waals surface area contributed by atoms with Crippen LogP contribution in [0.3, 0.4) is 0 Å². The molecule has 1 aromatic heterocycles. The highest BCUT2D eigenvalue weighted by Crippen LogP contribution is 2.31. The zero-order valence-electron chi connectivity index (χ0n) is 21.2. The van der Waals surface area contributed by atoms with Gasteiger partial charge in [0.2, 0.25) is 0 Å². The molecule has 1 aliphatic heterocycles. The van der Waals surface area contributed by atoms with Gasteiger partial charge in [-0.2, -0.15) is 13.2 Å². The van der Waals surface area contributed by atoms with Gasteiger partial charge in [0.05, 0.1) is 17.6 Å². The largest absolute Gasteiger partial charge is 0.416 e. The summed E-state index contributed by atoms with van der Waals surface area (Å²) < 4.78 is 40.9. The van der Waals surface area contributed by atoms with Gasteiger partial charge >= 0.3 is 6.18 Å². The number of rotatable bonds is 8. The zero-order chi connectivity index (χ0) is 25.8. The van der Waals surface area contributed by atoms with Gasteiger partial charge in [-0.25, -0.2) is 4.98 Å². The van der Waals surface area contributed by atoms with Gasteiger partial charge < -0.3 is 9.47 Å². The van der Waals surface area contributed by atoms with Crippen LogP contribution in [0, 0.1) is 0 Å². The third-order valence-corrected chi connectivity index (χ3v) is 7.40. The molecule has 4 aromatic rings. The fourth-order valence-electron chi connectivity index (χ4n) is 5.34. The van der Waals surface area contributed by atoms with Gasteiger partial charge in [-0.1, -0.05) is 68.3 Å². The summed E-state index contributed by atoms with van der Waals surface area (Å²) in [5.74, 6) is 0. The Morgan fingerprint density at radius 3 is 2.49 bits per heavy atom. The van der Waals surface area contributed by atoms with Gasteiger partial charge in [-0.05, 0) is 35.6 Å². The lowest BCUT2D eigenvalue weighted by molar-refractivity contribution is -0.137. The van der Waals surface area contributed by atoms with E-state index < -0.39 is 11.7 Å². The molecule has 3 aromatic carbocycles. The molecule has 0 unspecified atom stereocenters. The summed E-state index contributed by atoms with van der Waals surface area (Å²) in [4.78, 5) is 9.45. The van der Waals surface area contributed by atoms with E-state index in [-0.39, 0.29) is 0 Å². The maximum absolute atomic E-state index is 12.9. The minimum atomic E-state index is -4.32. The summed E-state index contributed by atoms with van der Waals surface area (Å²) in [5, 5.41) is 2.56. The van der Waals surface area contributed by atoms with E-state index in [0.29, 0.717) is 12.6 Å². The lowest BCUT2D eigenvalue weighted by atomic mass is 10.0. The van der Waals surface area contributed by atoms with E-state index in [2.05, 4.69) is 68.7 Å². The van der Waals surface area contributed by atoms with Crippen LogP contribution in [-0.4, -0.2) is 40.1 Å². The summed E-state index contributed by atoms with van der Waals surface area (Å²) in [7, 11) is 0. The molecular formula is C30H33F3N4. The van der Waals surface area contributed by atoms with Gasteiger partial charge in [-0.15, -0.1) is 0 Å². The monoisotopic (exact) mass is 506 g/mol. The molecule has 5 rings (SSSR count). The maximum Gasteiger partial charge on any atom is 0.416 e. The fraction of sp³-hybridized carbons (Fsp3) is 0.367. The Morgan fingerprint density at radius 1 is 0.919 bits per heavy atom. The summed E-state index contributed by atoms with van der Waals surface area (Å²) in [6, 6.07) is 20.9. The molecule has 1 atom stereocenters. The number of hydrogen-bond acceptors (Lipinski definition) is 3. The number of aromatic nitrogens is 2. The molecule has 0 saturated carbocycles. The van der Waals surface area contributed by atoms with Crippen molar-refractivity contribution in [1.29, 1.82) is 0 Å². The summed E-state index contributed by atoms with van der Waals surface area (Å²) in [5.41, 5.74) is 2.59. The van der Waals surface area contributed by atoms with Gasteiger partial charge in [0, 0.05) is 56.0 Å². The van der Waals surface area contributed by atoms with Crippen molar-refractivity contribution in [3.8, 4) is 0 Å². The Labute approximate surface area is 216 Å². The number of fused-ring (bicyclic) bond motifs is 1. The Hall–Kier alpha value is -3.32. The first-order valence-electron chi connectivity index (χ1n) is 13.0. The molecule has 0 N–H and O–H groups in total. The Morgan fingerprint density at radius 2 is 1.70 bits per heavy atom. The van der Waals surface area contributed by atoms with Crippen molar-refractivity contribution in [2.75, 3.05) is 24.5 Å². The van der Waals surface area contributed by atoms with Crippen LogP contribution in [0.25, 0.3) is 10.8 Å². The normalized spacial score (nSPS) is 17.0. The number of unbranched alkanes of at least 4 members (excludes halogenated alkanes) is 1. The topological polar surface area (TPSA) is 24.3 Å². The Balaban J connectivity index is 1.31. The molecule has 0 spiro atoms. The van der Waals surface area contributed by atoms with E-state index in [1.165, 1.54) is 22.9 Å². The number of piperazine rings is 1. The summed E-state index contributed by atoms with van der Waals surface area (Å²) >= 11 is 0. The van der Waals surface area contributed by atoms with E-state index >= 15 is 0 Å². The predicted molar refractivity (Wildman–Crippen MR) is 143 cm³/mol. The van der Waals surface area contributed by atoms with Crippen LogP contribution in [0.5, 0.6) is 0 Å². The van der Waals surface area contributed by atoms with E-state index in [4.69, 9.17) is 0 Å². The number of anilines is 1. The third kappa shape index (κ3) is 5.82. The highest BCUT2D eigenvalue weighted by molar-refractivity contribution is 5.94. The highest BCUT2D eigenvalue weighted by atomic mass is 19.4. The number of nitrogens with zero attached hydrogens (tertiary/aromatic N) is 4. The van der Waals surface area contributed by atoms with Crippen LogP contribution in [0.15, 0.2) is 79.3 Å². The van der Waals surface area contributed by atoms with Crippen molar-refractivity contribution in [1.82, 2.24) is 14.5 Å². The average Bonchev–Trinajstić information content (AvgIpc) is 3.34. The highest BCUT2D eigenvalue weighted by Gasteiger charge is 2.30. The van der Waals surface area contributed by atoms with Crippen molar-refractivity contribution in [3.05, 3.63) is 96.1 Å². The predicted octanol–water partition coefficient (Wildman–Crippen LogP) is 6.98. The SMILES string of the molecule is CCCC[C@H]1CN(c2cccc3ccccc23)CCN1Cc1cncn1Cc1ccc(C(F)(F)F)cc1. The van der Waals surface area contributed by atoms with Crippen LogP contribution in [0.2, 0.25) is 0 Å². The van der Waals surface area contributed by atoms with Crippen LogP contribution in [-0.2, 0) is 19.3 Å². The molecule has 4 nitrogen and oxygen atoms in total. The smallest absolute Gasteiger partial charge is 0.368 e. The first-order valence-corrected chi connectivity index (χ1v) is 13.0. The van der Waals surface area contributed by atoms with E-state index in [0.717, 1.165) is 62.4 Å². The van der Waals surface area contributed by atoms with Crippen LogP contribution < -0.4 is 4.90 Å². The lowest BCUT2D eigenvalue weighted by Crippen LogP contribution is -2.53. The van der Waals surface area contributed by atoms with Crippen LogP contribution in [0.4, 0.5) is 18.9 Å². The van der Waals surface area contributed by atoms with E-state index in [9.17, 15) is 13.2 Å². The third-order valence-electron chi connectivity index (χ3n) is 7.40. The second kappa shape index (κ2) is 11.0. The van der Waals surface area contributed by atoms with Gasteiger partial charge in [0.15, 0.2) is 0 Å². The second-order valence-corrected chi connectivity index (χ2v) is 9.92. The molecule has 194 valence electrons. The Bertz CT molecular complexity index is 1310. The zero-order valence-corrected chi connectivity index (χ0v) is 21.2. The minimum Gasteiger partial charge on any atom is -0.368 e. The number of alkyl halides is 3. The molecule has 0 amide bonds. The first-order chi connectivity index (χ1) is 17.9. The average molecular weight is 507 g/mol. The van der Waals surface area contributed by atoms with Gasteiger partial charge in [-0.3, -0.25) is 4.90 Å². The molecule has 0 radical (unpaired) electrons. The standard InChI is InChI=1S/C30H33F3N4/c1-2-3-9-26-20-36(29-11-6-8-24-7-4-5-10-28(24)29)17-16-35(26)21-27-18-34-22-37(27)19-23-12-14-25(15-13-23)30(31,32)33/h4-8,10-15,18,22,26H,2-3,9,16-17,19-21H2,1H3/t26-/m0/s1. The first kappa shape index (κ1) is 25.3. The quantitative estimate of drug-likeness (QED) is 0.258. The molecule has 0 bridgehead atoms. The number of hydrogen-bond donors (Lipinski definition) is 0. The molecule has 1 aliphatic rings. The van der Waals surface area contributed by atoms with E-state index in [1.807, 2.05) is 6.20 Å². The van der Waals surface area contributed by atoms with Crippen LogP contribution in [0.1, 0.15) is 43.0 Å². The van der Waals surface area contributed by atoms with Crippen molar-refractivity contribution in [2.24, 2.45) is 0 Å². The maximum atomic E-state index is 12.9. The second-order valence-electron chi connectivity index (χ2n) is 9.92. The van der Waals surface area contributed by atoms with Crippen molar-refractivity contribution >= 4 is 16.5 Å². The molecule has 2 heterocycles. The minimum absolute atomic E-state index is 0.419. The van der Waals surface area contributed by atoms with Gasteiger partial charge in [0.1, 0.15) is 0 Å². The van der Waals surface area contributed by atoms with Crippen molar-refractivity contribution < 1.29 is 13.2 Å². The number of imidazole rings is 1. The molecule has 7 heteroatoms. The van der Waals surface area contributed by atoms with Crippen molar-refractivity contribution in [2.45, 2.75) is 51.5 Å². The lowest BCUT2D eigenvalue weighted by Gasteiger charge is -2.43. The van der Waals surface area contributed by atoms with Crippen LogP contribution >= 0.6 is 0 Å². The molecule has 1 saturated heterocycles. The molecule has 1 fully saturated rings. The molecule has 37 heavy (non-hydrogen) atoms. The summed E-state index contributed by atoms with van der Waals surface area (Å²) in [6.07, 6.45) is 2.81. The van der Waals surface area contributed by atoms with Crippen molar-refractivity contribution in [3.63, 3.8) is 0 Å². The number of benzene rings is 3. The van der Waals surface area contributed by atoms with E-state index in [1.54, 1.807) is 18.5 Å². The Kier molecular flexibility index (Phi) is 7.51. The fourth-order valence-corrected chi connectivity index (χ4v) is 5.34. The summed E-state index contributed by atoms with van der Waals surface area (Å²) in [6.45, 7) is 6.38. The molecular weight excluding hydrogens is 473 g/mol. The number of halogens is 3.